The average molecular weight is 282 g/mol. The van der Waals surface area contributed by atoms with E-state index >= 15 is 0 Å². The molecule has 0 unspecified atom stereocenters. The molecule has 0 radical (unpaired) electrons. The third kappa shape index (κ3) is 2.97. The number of rotatable bonds is 2. The van der Waals surface area contributed by atoms with Gasteiger partial charge in [-0.25, -0.2) is 9.97 Å². The number of aryl methyl sites for hydroxylation is 1. The summed E-state index contributed by atoms with van der Waals surface area (Å²) in [5.41, 5.74) is 1.37. The minimum Gasteiger partial charge on any atom is -0.306 e. The number of aromatic nitrogens is 2. The Balaban J connectivity index is 2.19. The highest BCUT2D eigenvalue weighted by Gasteiger charge is 2.08. The lowest BCUT2D eigenvalue weighted by atomic mass is 10.1. The van der Waals surface area contributed by atoms with Gasteiger partial charge in [0.1, 0.15) is 17.3 Å². The van der Waals surface area contributed by atoms with E-state index in [1.54, 1.807) is 18.2 Å². The lowest BCUT2D eigenvalue weighted by Crippen LogP contribution is -2.13. The summed E-state index contributed by atoms with van der Waals surface area (Å²) in [4.78, 5) is 19.5. The number of amides is 1. The van der Waals surface area contributed by atoms with Crippen molar-refractivity contribution >= 4 is 34.9 Å². The Kier molecular flexibility index (Phi) is 3.79. The van der Waals surface area contributed by atoms with E-state index in [-0.39, 0.29) is 11.1 Å². The lowest BCUT2D eigenvalue weighted by Gasteiger charge is -2.05. The van der Waals surface area contributed by atoms with Crippen molar-refractivity contribution in [1.82, 2.24) is 9.97 Å². The largest absolute Gasteiger partial charge is 0.306 e. The molecule has 18 heavy (non-hydrogen) atoms. The van der Waals surface area contributed by atoms with Gasteiger partial charge in [0.15, 0.2) is 0 Å². The lowest BCUT2D eigenvalue weighted by molar-refractivity contribution is 0.102. The first-order valence-electron chi connectivity index (χ1n) is 5.11. The van der Waals surface area contributed by atoms with Crippen LogP contribution in [0.1, 0.15) is 15.9 Å². The van der Waals surface area contributed by atoms with Gasteiger partial charge in [0.2, 0.25) is 0 Å². The summed E-state index contributed by atoms with van der Waals surface area (Å²) >= 11 is 11.7. The van der Waals surface area contributed by atoms with Gasteiger partial charge in [-0.15, -0.1) is 0 Å². The zero-order valence-electron chi connectivity index (χ0n) is 9.45. The molecule has 0 aliphatic carbocycles. The first-order valence-corrected chi connectivity index (χ1v) is 5.87. The predicted octanol–water partition coefficient (Wildman–Crippen LogP) is 3.34. The minimum absolute atomic E-state index is 0.266. The van der Waals surface area contributed by atoms with Crippen molar-refractivity contribution in [2.45, 2.75) is 6.92 Å². The molecule has 1 heterocycles. The van der Waals surface area contributed by atoms with Gasteiger partial charge in [-0.05, 0) is 24.6 Å². The topological polar surface area (TPSA) is 54.9 Å². The maximum absolute atomic E-state index is 11.9. The highest BCUT2D eigenvalue weighted by atomic mass is 35.5. The summed E-state index contributed by atoms with van der Waals surface area (Å²) in [6.45, 7) is 1.87. The van der Waals surface area contributed by atoms with Gasteiger partial charge in [0, 0.05) is 16.7 Å². The molecular weight excluding hydrogens is 273 g/mol. The summed E-state index contributed by atoms with van der Waals surface area (Å²) in [5, 5.41) is 3.42. The quantitative estimate of drug-likeness (QED) is 0.859. The SMILES string of the molecule is Cc1ccc(C(=O)Nc2cc(Cl)ncn2)cc1Cl. The fraction of sp³-hybridized carbons (Fsp3) is 0.0833. The molecule has 1 N–H and O–H groups in total. The molecule has 0 aliphatic rings. The number of carbonyl (C=O) groups is 1. The Labute approximate surface area is 114 Å². The molecule has 0 aliphatic heterocycles. The van der Waals surface area contributed by atoms with Crippen LogP contribution < -0.4 is 5.32 Å². The molecule has 0 fully saturated rings. The van der Waals surface area contributed by atoms with Crippen LogP contribution in [-0.2, 0) is 0 Å². The summed E-state index contributed by atoms with van der Waals surface area (Å²) in [6, 6.07) is 6.55. The zero-order chi connectivity index (χ0) is 13.1. The van der Waals surface area contributed by atoms with Crippen molar-refractivity contribution in [1.29, 1.82) is 0 Å². The molecular formula is C12H9Cl2N3O. The van der Waals surface area contributed by atoms with Gasteiger partial charge in [0.25, 0.3) is 5.91 Å². The molecule has 1 aromatic carbocycles. The van der Waals surface area contributed by atoms with E-state index in [9.17, 15) is 4.79 Å². The second kappa shape index (κ2) is 5.33. The molecule has 0 bridgehead atoms. The van der Waals surface area contributed by atoms with E-state index < -0.39 is 0 Å². The normalized spacial score (nSPS) is 10.2. The van der Waals surface area contributed by atoms with Crippen molar-refractivity contribution in [2.75, 3.05) is 5.32 Å². The van der Waals surface area contributed by atoms with E-state index in [0.717, 1.165) is 5.56 Å². The molecule has 0 saturated heterocycles. The first kappa shape index (κ1) is 12.8. The molecule has 1 amide bonds. The van der Waals surface area contributed by atoms with Crippen molar-refractivity contribution in [2.24, 2.45) is 0 Å². The van der Waals surface area contributed by atoms with Crippen molar-refractivity contribution in [3.8, 4) is 0 Å². The van der Waals surface area contributed by atoms with Crippen LogP contribution in [0.3, 0.4) is 0 Å². The Bertz CT molecular complexity index is 602. The van der Waals surface area contributed by atoms with Gasteiger partial charge in [0.05, 0.1) is 0 Å². The molecule has 0 atom stereocenters. The number of hydrogen-bond donors (Lipinski definition) is 1. The standard InChI is InChI=1S/C12H9Cl2N3O/c1-7-2-3-8(4-9(7)13)12(18)17-11-5-10(14)15-6-16-11/h2-6H,1H3,(H,15,16,17,18). The van der Waals surface area contributed by atoms with Crippen LogP contribution >= 0.6 is 23.2 Å². The molecule has 92 valence electrons. The smallest absolute Gasteiger partial charge is 0.256 e. The molecule has 2 aromatic rings. The van der Waals surface area contributed by atoms with E-state index in [1.165, 1.54) is 12.4 Å². The van der Waals surface area contributed by atoms with Crippen LogP contribution in [0.4, 0.5) is 5.82 Å². The van der Waals surface area contributed by atoms with Crippen LogP contribution in [0.2, 0.25) is 10.2 Å². The Morgan fingerprint density at radius 1 is 1.22 bits per heavy atom. The van der Waals surface area contributed by atoms with Gasteiger partial charge < -0.3 is 5.32 Å². The van der Waals surface area contributed by atoms with Crippen molar-refractivity contribution in [3.05, 3.63) is 51.9 Å². The van der Waals surface area contributed by atoms with E-state index in [2.05, 4.69) is 15.3 Å². The predicted molar refractivity (Wildman–Crippen MR) is 71.2 cm³/mol. The van der Waals surface area contributed by atoms with Crippen LogP contribution in [0, 0.1) is 6.92 Å². The number of nitrogens with one attached hydrogen (secondary N) is 1. The van der Waals surface area contributed by atoms with E-state index in [1.807, 2.05) is 6.92 Å². The van der Waals surface area contributed by atoms with E-state index in [4.69, 9.17) is 23.2 Å². The maximum Gasteiger partial charge on any atom is 0.256 e. The van der Waals surface area contributed by atoms with Gasteiger partial charge in [-0.1, -0.05) is 29.3 Å². The number of benzene rings is 1. The van der Waals surface area contributed by atoms with Gasteiger partial charge >= 0.3 is 0 Å². The third-order valence-electron chi connectivity index (χ3n) is 2.31. The minimum atomic E-state index is -0.299. The van der Waals surface area contributed by atoms with Gasteiger partial charge in [-0.2, -0.15) is 0 Å². The first-order chi connectivity index (χ1) is 8.56. The number of anilines is 1. The summed E-state index contributed by atoms with van der Waals surface area (Å²) < 4.78 is 0. The Morgan fingerprint density at radius 3 is 2.67 bits per heavy atom. The molecule has 6 heteroatoms. The monoisotopic (exact) mass is 281 g/mol. The van der Waals surface area contributed by atoms with Gasteiger partial charge in [-0.3, -0.25) is 4.79 Å². The second-order valence-corrected chi connectivity index (χ2v) is 4.44. The molecule has 0 saturated carbocycles. The summed E-state index contributed by atoms with van der Waals surface area (Å²) in [7, 11) is 0. The number of hydrogen-bond acceptors (Lipinski definition) is 3. The fourth-order valence-electron chi connectivity index (χ4n) is 1.32. The molecule has 1 aromatic heterocycles. The average Bonchev–Trinajstić information content (AvgIpc) is 2.32. The number of nitrogens with zero attached hydrogens (tertiary/aromatic N) is 2. The van der Waals surface area contributed by atoms with Crippen LogP contribution in [-0.4, -0.2) is 15.9 Å². The number of carbonyl (C=O) groups excluding carboxylic acids is 1. The molecule has 2 rings (SSSR count). The van der Waals surface area contributed by atoms with Crippen molar-refractivity contribution < 1.29 is 4.79 Å². The van der Waals surface area contributed by atoms with Crippen LogP contribution in [0.15, 0.2) is 30.6 Å². The van der Waals surface area contributed by atoms with Crippen LogP contribution in [0.5, 0.6) is 0 Å². The van der Waals surface area contributed by atoms with Crippen LogP contribution in [0.25, 0.3) is 0 Å². The third-order valence-corrected chi connectivity index (χ3v) is 2.92. The zero-order valence-corrected chi connectivity index (χ0v) is 11.0. The Hall–Kier alpha value is -1.65. The van der Waals surface area contributed by atoms with E-state index in [0.29, 0.717) is 16.4 Å². The molecule has 0 spiro atoms. The number of halogens is 2. The Morgan fingerprint density at radius 2 is 2.00 bits per heavy atom. The summed E-state index contributed by atoms with van der Waals surface area (Å²) in [5.74, 6) is 0.0448. The summed E-state index contributed by atoms with van der Waals surface area (Å²) in [6.07, 6.45) is 1.28. The highest BCUT2D eigenvalue weighted by molar-refractivity contribution is 6.31. The fourth-order valence-corrected chi connectivity index (χ4v) is 1.65. The van der Waals surface area contributed by atoms with Crippen molar-refractivity contribution in [3.63, 3.8) is 0 Å². The second-order valence-electron chi connectivity index (χ2n) is 3.64. The highest BCUT2D eigenvalue weighted by Crippen LogP contribution is 2.17. The molecule has 4 nitrogen and oxygen atoms in total. The maximum atomic E-state index is 11.9.